The van der Waals surface area contributed by atoms with E-state index >= 15 is 0 Å². The second-order valence-corrected chi connectivity index (χ2v) is 5.84. The monoisotopic (exact) mass is 360 g/mol. The highest BCUT2D eigenvalue weighted by atomic mass is 35.5. The number of benzene rings is 2. The second kappa shape index (κ2) is 6.47. The van der Waals surface area contributed by atoms with Gasteiger partial charge in [0.25, 0.3) is 11.8 Å². The molecule has 1 aliphatic heterocycles. The SMILES string of the molecule is O=Cc1ccc(/C=C2\C(=O)NN(c3ccc(Cl)c(Cl)c3)C2=O)cc1. The number of hydrazine groups is 1. The standard InChI is InChI=1S/C17H10Cl2N2O3/c18-14-6-5-12(8-15(14)19)21-17(24)13(16(23)20-21)7-10-1-3-11(9-22)4-2-10/h1-9H,(H,20,23)/b13-7+. The predicted octanol–water partition coefficient (Wildman–Crippen LogP) is 3.27. The Kier molecular flexibility index (Phi) is 4.38. The molecule has 1 N–H and O–H groups in total. The highest BCUT2D eigenvalue weighted by Crippen LogP contribution is 2.29. The maximum Gasteiger partial charge on any atom is 0.282 e. The molecule has 5 nitrogen and oxygen atoms in total. The van der Waals surface area contributed by atoms with Crippen LogP contribution < -0.4 is 10.4 Å². The van der Waals surface area contributed by atoms with Gasteiger partial charge in [-0.1, -0.05) is 47.5 Å². The van der Waals surface area contributed by atoms with Crippen molar-refractivity contribution in [3.05, 3.63) is 69.2 Å². The minimum absolute atomic E-state index is 0.0140. The molecule has 7 heteroatoms. The Hall–Kier alpha value is -2.63. The molecule has 0 unspecified atom stereocenters. The van der Waals surface area contributed by atoms with E-state index in [0.29, 0.717) is 21.8 Å². The number of nitrogens with zero attached hydrogens (tertiary/aromatic N) is 1. The number of anilines is 1. The van der Waals surface area contributed by atoms with Gasteiger partial charge < -0.3 is 0 Å². The zero-order valence-electron chi connectivity index (χ0n) is 12.1. The molecule has 0 aromatic heterocycles. The van der Waals surface area contributed by atoms with Crippen LogP contribution in [0.25, 0.3) is 6.08 Å². The first kappa shape index (κ1) is 16.2. The molecule has 0 bridgehead atoms. The van der Waals surface area contributed by atoms with Crippen molar-refractivity contribution in [1.29, 1.82) is 0 Å². The lowest BCUT2D eigenvalue weighted by Crippen LogP contribution is -2.35. The van der Waals surface area contributed by atoms with Crippen LogP contribution >= 0.6 is 23.2 Å². The molecule has 0 aliphatic carbocycles. The Morgan fingerprint density at radius 2 is 1.58 bits per heavy atom. The van der Waals surface area contributed by atoms with Gasteiger partial charge >= 0.3 is 0 Å². The summed E-state index contributed by atoms with van der Waals surface area (Å²) in [7, 11) is 0. The van der Waals surface area contributed by atoms with E-state index in [4.69, 9.17) is 23.2 Å². The molecule has 2 amide bonds. The lowest BCUT2D eigenvalue weighted by Gasteiger charge is -2.15. The Balaban J connectivity index is 1.91. The van der Waals surface area contributed by atoms with Crippen LogP contribution in [0.2, 0.25) is 10.0 Å². The van der Waals surface area contributed by atoms with Crippen molar-refractivity contribution in [1.82, 2.24) is 5.43 Å². The molecular weight excluding hydrogens is 351 g/mol. The van der Waals surface area contributed by atoms with Crippen LogP contribution in [0.4, 0.5) is 5.69 Å². The molecule has 2 aromatic rings. The van der Waals surface area contributed by atoms with E-state index < -0.39 is 11.8 Å². The van der Waals surface area contributed by atoms with Crippen LogP contribution in [-0.4, -0.2) is 18.1 Å². The van der Waals surface area contributed by atoms with Crippen molar-refractivity contribution >= 4 is 53.1 Å². The van der Waals surface area contributed by atoms with Gasteiger partial charge in [0, 0.05) is 5.56 Å². The fourth-order valence-corrected chi connectivity index (χ4v) is 2.49. The van der Waals surface area contributed by atoms with E-state index in [-0.39, 0.29) is 10.6 Å². The van der Waals surface area contributed by atoms with E-state index in [9.17, 15) is 14.4 Å². The van der Waals surface area contributed by atoms with E-state index in [1.165, 1.54) is 12.1 Å². The number of aldehydes is 1. The van der Waals surface area contributed by atoms with Gasteiger partial charge in [0.1, 0.15) is 11.9 Å². The van der Waals surface area contributed by atoms with Crippen LogP contribution in [0.15, 0.2) is 48.0 Å². The topological polar surface area (TPSA) is 66.5 Å². The lowest BCUT2D eigenvalue weighted by molar-refractivity contribution is -0.117. The number of carbonyl (C=O) groups is 3. The number of carbonyl (C=O) groups excluding carboxylic acids is 3. The average Bonchev–Trinajstić information content (AvgIpc) is 2.86. The lowest BCUT2D eigenvalue weighted by atomic mass is 10.1. The fraction of sp³-hybridized carbons (Fsp3) is 0. The number of amides is 2. The zero-order valence-corrected chi connectivity index (χ0v) is 13.6. The highest BCUT2D eigenvalue weighted by molar-refractivity contribution is 6.42. The van der Waals surface area contributed by atoms with Gasteiger partial charge in [-0.15, -0.1) is 0 Å². The van der Waals surface area contributed by atoms with Gasteiger partial charge in [-0.2, -0.15) is 0 Å². The number of rotatable bonds is 3. The minimum atomic E-state index is -0.523. The zero-order chi connectivity index (χ0) is 17.3. The van der Waals surface area contributed by atoms with E-state index in [1.54, 1.807) is 36.4 Å². The maximum atomic E-state index is 12.5. The molecule has 2 aromatic carbocycles. The first-order valence-electron chi connectivity index (χ1n) is 6.87. The van der Waals surface area contributed by atoms with Crippen molar-refractivity contribution in [3.63, 3.8) is 0 Å². The fourth-order valence-electron chi connectivity index (χ4n) is 2.20. The van der Waals surface area contributed by atoms with Gasteiger partial charge in [0.15, 0.2) is 0 Å². The molecule has 1 saturated heterocycles. The predicted molar refractivity (Wildman–Crippen MR) is 91.9 cm³/mol. The largest absolute Gasteiger partial charge is 0.298 e. The van der Waals surface area contributed by atoms with Crippen molar-refractivity contribution < 1.29 is 14.4 Å². The van der Waals surface area contributed by atoms with Crippen molar-refractivity contribution in [2.24, 2.45) is 0 Å². The summed E-state index contributed by atoms with van der Waals surface area (Å²) in [5, 5.41) is 1.73. The molecule has 1 heterocycles. The molecule has 0 atom stereocenters. The van der Waals surface area contributed by atoms with Crippen molar-refractivity contribution in [3.8, 4) is 0 Å². The molecule has 1 fully saturated rings. The molecule has 0 saturated carbocycles. The number of halogens is 2. The third kappa shape index (κ3) is 3.04. The number of hydrogen-bond acceptors (Lipinski definition) is 3. The molecule has 0 spiro atoms. The highest BCUT2D eigenvalue weighted by Gasteiger charge is 2.34. The van der Waals surface area contributed by atoms with Gasteiger partial charge in [-0.3, -0.25) is 19.8 Å². The van der Waals surface area contributed by atoms with Crippen LogP contribution in [0.5, 0.6) is 0 Å². The maximum absolute atomic E-state index is 12.5. The van der Waals surface area contributed by atoms with Gasteiger partial charge in [0.05, 0.1) is 15.7 Å². The van der Waals surface area contributed by atoms with E-state index in [2.05, 4.69) is 5.43 Å². The van der Waals surface area contributed by atoms with Crippen LogP contribution in [0.1, 0.15) is 15.9 Å². The Bertz CT molecular complexity index is 876. The summed E-state index contributed by atoms with van der Waals surface area (Å²) in [6.07, 6.45) is 2.18. The van der Waals surface area contributed by atoms with Crippen molar-refractivity contribution in [2.75, 3.05) is 5.01 Å². The second-order valence-electron chi connectivity index (χ2n) is 5.02. The summed E-state index contributed by atoms with van der Waals surface area (Å²) in [6.45, 7) is 0. The minimum Gasteiger partial charge on any atom is -0.298 e. The molecule has 1 aliphatic rings. The quantitative estimate of drug-likeness (QED) is 0.518. The van der Waals surface area contributed by atoms with Gasteiger partial charge in [-0.05, 0) is 29.8 Å². The molecular formula is C17H10Cl2N2O3. The number of nitrogens with one attached hydrogen (secondary N) is 1. The average molecular weight is 361 g/mol. The summed E-state index contributed by atoms with van der Waals surface area (Å²) in [5.74, 6) is -1.02. The molecule has 0 radical (unpaired) electrons. The third-order valence-corrected chi connectivity index (χ3v) is 4.18. The molecule has 120 valence electrons. The Morgan fingerprint density at radius 3 is 2.21 bits per heavy atom. The molecule has 3 rings (SSSR count). The first-order valence-corrected chi connectivity index (χ1v) is 7.62. The third-order valence-electron chi connectivity index (χ3n) is 3.44. The Morgan fingerprint density at radius 1 is 0.917 bits per heavy atom. The van der Waals surface area contributed by atoms with E-state index in [0.717, 1.165) is 11.3 Å². The molecule has 24 heavy (non-hydrogen) atoms. The number of hydrogen-bond donors (Lipinski definition) is 1. The van der Waals surface area contributed by atoms with E-state index in [1.807, 2.05) is 0 Å². The van der Waals surface area contributed by atoms with Crippen LogP contribution in [-0.2, 0) is 9.59 Å². The summed E-state index contributed by atoms with van der Waals surface area (Å²) >= 11 is 11.8. The smallest absolute Gasteiger partial charge is 0.282 e. The summed E-state index contributed by atoms with van der Waals surface area (Å²) < 4.78 is 0. The van der Waals surface area contributed by atoms with Gasteiger partial charge in [-0.25, -0.2) is 5.01 Å². The first-order chi connectivity index (χ1) is 11.5. The Labute approximate surface area is 147 Å². The normalized spacial score (nSPS) is 15.8. The summed E-state index contributed by atoms with van der Waals surface area (Å²) in [5.41, 5.74) is 4.01. The van der Waals surface area contributed by atoms with Gasteiger partial charge in [0.2, 0.25) is 0 Å². The van der Waals surface area contributed by atoms with Crippen LogP contribution in [0, 0.1) is 0 Å². The van der Waals surface area contributed by atoms with Crippen LogP contribution in [0.3, 0.4) is 0 Å². The summed E-state index contributed by atoms with van der Waals surface area (Å²) in [4.78, 5) is 35.2. The summed E-state index contributed by atoms with van der Waals surface area (Å²) in [6, 6.07) is 11.1. The van der Waals surface area contributed by atoms with Crippen molar-refractivity contribution in [2.45, 2.75) is 0 Å².